The molecular weight excluding hydrogens is 250 g/mol. The zero-order valence-corrected chi connectivity index (χ0v) is 14.0. The van der Waals surface area contributed by atoms with Gasteiger partial charge in [0.15, 0.2) is 5.78 Å². The number of Topliss-reactive ketones (excluding diaryl/α,β-unsaturated/α-hetero) is 1. The van der Waals surface area contributed by atoms with Gasteiger partial charge in [-0.05, 0) is 66.3 Å². The number of ether oxygens (including phenoxy) is 1. The van der Waals surface area contributed by atoms with Gasteiger partial charge in [-0.1, -0.05) is 6.92 Å². The molecule has 3 nitrogen and oxygen atoms in total. The highest BCUT2D eigenvalue weighted by Crippen LogP contribution is 2.40. The van der Waals surface area contributed by atoms with Crippen LogP contribution in [0.1, 0.15) is 60.3 Å². The lowest BCUT2D eigenvalue weighted by molar-refractivity contribution is -0.132. The SMILES string of the molecule is CC1CCC(N(C)CC2C(=O)C(C)(C)OC2(C)C)CC1. The molecule has 0 bridgehead atoms. The summed E-state index contributed by atoms with van der Waals surface area (Å²) in [5.41, 5.74) is -0.979. The van der Waals surface area contributed by atoms with Gasteiger partial charge in [-0.3, -0.25) is 4.79 Å². The summed E-state index contributed by atoms with van der Waals surface area (Å²) in [7, 11) is 2.18. The van der Waals surface area contributed by atoms with Crippen LogP contribution in [-0.2, 0) is 9.53 Å². The van der Waals surface area contributed by atoms with E-state index in [1.807, 2.05) is 13.8 Å². The van der Waals surface area contributed by atoms with Crippen molar-refractivity contribution in [3.8, 4) is 0 Å². The zero-order valence-electron chi connectivity index (χ0n) is 14.0. The fourth-order valence-corrected chi connectivity index (χ4v) is 3.94. The molecule has 1 saturated heterocycles. The molecule has 3 heteroatoms. The van der Waals surface area contributed by atoms with Gasteiger partial charge in [-0.15, -0.1) is 0 Å². The maximum absolute atomic E-state index is 12.6. The third-order valence-electron chi connectivity index (χ3n) is 5.35. The molecule has 1 heterocycles. The third-order valence-corrected chi connectivity index (χ3v) is 5.35. The van der Waals surface area contributed by atoms with Gasteiger partial charge < -0.3 is 9.64 Å². The Bertz CT molecular complexity index is 367. The predicted octanol–water partition coefficient (Wildman–Crippen LogP) is 3.27. The smallest absolute Gasteiger partial charge is 0.171 e. The summed E-state index contributed by atoms with van der Waals surface area (Å²) in [6.07, 6.45) is 5.17. The quantitative estimate of drug-likeness (QED) is 0.795. The number of hydrogen-bond donors (Lipinski definition) is 0. The Morgan fingerprint density at radius 1 is 1.15 bits per heavy atom. The second-order valence-electron chi connectivity index (χ2n) is 7.99. The van der Waals surface area contributed by atoms with Crippen molar-refractivity contribution in [2.24, 2.45) is 11.8 Å². The van der Waals surface area contributed by atoms with E-state index in [1.54, 1.807) is 0 Å². The second kappa shape index (κ2) is 5.42. The molecule has 0 N–H and O–H groups in total. The highest BCUT2D eigenvalue weighted by molar-refractivity contribution is 5.91. The Morgan fingerprint density at radius 2 is 1.70 bits per heavy atom. The molecule has 2 fully saturated rings. The van der Waals surface area contributed by atoms with Crippen molar-refractivity contribution >= 4 is 5.78 Å². The largest absolute Gasteiger partial charge is 0.361 e. The molecule has 1 saturated carbocycles. The average molecular weight is 281 g/mol. The molecule has 116 valence electrons. The van der Waals surface area contributed by atoms with Crippen LogP contribution in [0.5, 0.6) is 0 Å². The maximum Gasteiger partial charge on any atom is 0.171 e. The van der Waals surface area contributed by atoms with E-state index in [9.17, 15) is 4.79 Å². The molecule has 2 rings (SSSR count). The number of nitrogens with zero attached hydrogens (tertiary/aromatic N) is 1. The van der Waals surface area contributed by atoms with Crippen molar-refractivity contribution in [2.45, 2.75) is 77.5 Å². The molecule has 20 heavy (non-hydrogen) atoms. The standard InChI is InChI=1S/C17H31NO2/c1-12-7-9-13(10-8-12)18(6)11-14-15(19)17(4,5)20-16(14,2)3/h12-14H,7-11H2,1-6H3. The molecule has 0 amide bonds. The molecule has 0 aromatic carbocycles. The molecule has 0 spiro atoms. The van der Waals surface area contributed by atoms with Crippen LogP contribution in [0, 0.1) is 11.8 Å². The van der Waals surface area contributed by atoms with Crippen LogP contribution in [0.15, 0.2) is 0 Å². The minimum Gasteiger partial charge on any atom is -0.361 e. The lowest BCUT2D eigenvalue weighted by Gasteiger charge is -2.36. The van der Waals surface area contributed by atoms with Crippen LogP contribution in [0.2, 0.25) is 0 Å². The lowest BCUT2D eigenvalue weighted by atomic mass is 9.83. The van der Waals surface area contributed by atoms with Gasteiger partial charge in [-0.25, -0.2) is 0 Å². The van der Waals surface area contributed by atoms with Crippen LogP contribution in [0.4, 0.5) is 0 Å². The van der Waals surface area contributed by atoms with Gasteiger partial charge in [0, 0.05) is 12.6 Å². The summed E-state index contributed by atoms with van der Waals surface area (Å²) in [4.78, 5) is 15.0. The van der Waals surface area contributed by atoms with Gasteiger partial charge in [-0.2, -0.15) is 0 Å². The summed E-state index contributed by atoms with van der Waals surface area (Å²) in [6.45, 7) is 11.1. The number of carbonyl (C=O) groups is 1. The molecule has 0 radical (unpaired) electrons. The average Bonchev–Trinajstić information content (AvgIpc) is 2.48. The van der Waals surface area contributed by atoms with E-state index in [0.29, 0.717) is 6.04 Å². The first-order valence-electron chi connectivity index (χ1n) is 8.08. The van der Waals surface area contributed by atoms with E-state index < -0.39 is 5.60 Å². The van der Waals surface area contributed by atoms with Crippen molar-refractivity contribution in [3.63, 3.8) is 0 Å². The fourth-order valence-electron chi connectivity index (χ4n) is 3.94. The number of ketones is 1. The van der Waals surface area contributed by atoms with E-state index in [1.165, 1.54) is 25.7 Å². The molecule has 1 unspecified atom stereocenters. The van der Waals surface area contributed by atoms with Gasteiger partial charge in [0.2, 0.25) is 0 Å². The van der Waals surface area contributed by atoms with Crippen LogP contribution in [-0.4, -0.2) is 41.5 Å². The van der Waals surface area contributed by atoms with Gasteiger partial charge >= 0.3 is 0 Å². The van der Waals surface area contributed by atoms with Crippen molar-refractivity contribution in [2.75, 3.05) is 13.6 Å². The van der Waals surface area contributed by atoms with Crippen molar-refractivity contribution in [1.29, 1.82) is 0 Å². The molecular formula is C17H31NO2. The van der Waals surface area contributed by atoms with E-state index >= 15 is 0 Å². The van der Waals surface area contributed by atoms with Gasteiger partial charge in [0.1, 0.15) is 5.60 Å². The first-order valence-corrected chi connectivity index (χ1v) is 8.08. The summed E-state index contributed by atoms with van der Waals surface area (Å²) < 4.78 is 5.99. The molecule has 0 aromatic heterocycles. The molecule has 2 aliphatic rings. The maximum atomic E-state index is 12.6. The Morgan fingerprint density at radius 3 is 2.15 bits per heavy atom. The first kappa shape index (κ1) is 16.0. The Hall–Kier alpha value is -0.410. The Labute approximate surface area is 124 Å². The van der Waals surface area contributed by atoms with Crippen LogP contribution >= 0.6 is 0 Å². The summed E-state index contributed by atoms with van der Waals surface area (Å²) in [6, 6.07) is 0.638. The van der Waals surface area contributed by atoms with Crippen LogP contribution in [0.25, 0.3) is 0 Å². The van der Waals surface area contributed by atoms with E-state index in [2.05, 4.69) is 32.7 Å². The summed E-state index contributed by atoms with van der Waals surface area (Å²) in [5, 5.41) is 0. The Balaban J connectivity index is 2.00. The van der Waals surface area contributed by atoms with Crippen LogP contribution in [0.3, 0.4) is 0 Å². The minimum absolute atomic E-state index is 0.0122. The fraction of sp³-hybridized carbons (Fsp3) is 0.941. The normalized spacial score (nSPS) is 36.5. The predicted molar refractivity (Wildman–Crippen MR) is 81.8 cm³/mol. The lowest BCUT2D eigenvalue weighted by Crippen LogP contribution is -2.44. The zero-order chi connectivity index (χ0) is 15.1. The first-order chi connectivity index (χ1) is 9.13. The highest BCUT2D eigenvalue weighted by Gasteiger charge is 2.53. The molecule has 1 aliphatic heterocycles. The topological polar surface area (TPSA) is 29.5 Å². The third kappa shape index (κ3) is 3.09. The molecule has 1 aliphatic carbocycles. The van der Waals surface area contributed by atoms with E-state index in [0.717, 1.165) is 12.5 Å². The second-order valence-corrected chi connectivity index (χ2v) is 7.99. The van der Waals surface area contributed by atoms with E-state index in [4.69, 9.17) is 4.74 Å². The molecule has 0 aromatic rings. The monoisotopic (exact) mass is 281 g/mol. The highest BCUT2D eigenvalue weighted by atomic mass is 16.5. The molecule has 1 atom stereocenters. The van der Waals surface area contributed by atoms with E-state index in [-0.39, 0.29) is 17.3 Å². The van der Waals surface area contributed by atoms with Gasteiger partial charge in [0.05, 0.1) is 11.5 Å². The van der Waals surface area contributed by atoms with Crippen LogP contribution < -0.4 is 0 Å². The Kier molecular flexibility index (Phi) is 4.32. The number of carbonyl (C=O) groups excluding carboxylic acids is 1. The number of rotatable bonds is 3. The summed E-state index contributed by atoms with van der Waals surface area (Å²) in [5.74, 6) is 1.12. The minimum atomic E-state index is -0.629. The number of hydrogen-bond acceptors (Lipinski definition) is 3. The van der Waals surface area contributed by atoms with Crippen molar-refractivity contribution in [3.05, 3.63) is 0 Å². The van der Waals surface area contributed by atoms with Crippen molar-refractivity contribution < 1.29 is 9.53 Å². The summed E-state index contributed by atoms with van der Waals surface area (Å²) >= 11 is 0. The van der Waals surface area contributed by atoms with Gasteiger partial charge in [0.25, 0.3) is 0 Å². The van der Waals surface area contributed by atoms with Crippen molar-refractivity contribution in [1.82, 2.24) is 4.90 Å².